The molecule has 70 valence electrons. The van der Waals surface area contributed by atoms with Gasteiger partial charge in [0.1, 0.15) is 5.52 Å². The van der Waals surface area contributed by atoms with Gasteiger partial charge in [-0.1, -0.05) is 19.9 Å². The Morgan fingerprint density at radius 3 is 2.62 bits per heavy atom. The average molecular weight is 181 g/mol. The molecule has 2 nitrogen and oxygen atoms in total. The number of nitrogens with zero attached hydrogens (tertiary/aromatic N) is 1. The molecule has 1 aromatic heterocycles. The summed E-state index contributed by atoms with van der Waals surface area (Å²) in [4.78, 5) is 3.87. The van der Waals surface area contributed by atoms with Crippen molar-refractivity contribution in [3.05, 3.63) is 29.9 Å². The summed E-state index contributed by atoms with van der Waals surface area (Å²) in [7, 11) is 0. The van der Waals surface area contributed by atoms with Gasteiger partial charge in [-0.25, -0.2) is 9.37 Å². The van der Waals surface area contributed by atoms with E-state index in [0.29, 0.717) is 17.0 Å². The van der Waals surface area contributed by atoms with Gasteiger partial charge in [-0.15, -0.1) is 0 Å². The fourth-order valence-corrected chi connectivity index (χ4v) is 1.03. The summed E-state index contributed by atoms with van der Waals surface area (Å²) < 4.78 is 18.0. The van der Waals surface area contributed by atoms with Crippen LogP contribution in [0.3, 0.4) is 0 Å². The molecular weight excluding hydrogens is 169 g/mol. The van der Waals surface area contributed by atoms with E-state index < -0.39 is 0 Å². The molecule has 0 fully saturated rings. The maximum Gasteiger partial charge on any atom is 0.192 e. The lowest BCUT2D eigenvalue weighted by molar-refractivity contribution is 0.561. The van der Waals surface area contributed by atoms with E-state index >= 15 is 0 Å². The van der Waals surface area contributed by atoms with Gasteiger partial charge in [0.05, 0.1) is 0 Å². The van der Waals surface area contributed by atoms with E-state index in [-0.39, 0.29) is 5.82 Å². The summed E-state index contributed by atoms with van der Waals surface area (Å²) in [5, 5.41) is 0. The molecule has 0 amide bonds. The van der Waals surface area contributed by atoms with Gasteiger partial charge >= 0.3 is 0 Å². The van der Waals surface area contributed by atoms with Crippen LogP contribution in [0.5, 0.6) is 0 Å². The number of fused-ring (bicyclic) bond motifs is 1. The molecule has 0 spiro atoms. The number of hydrogen-bond donors (Lipinski definition) is 0. The summed E-state index contributed by atoms with van der Waals surface area (Å²) in [6.45, 7) is 5.69. The molecule has 0 aliphatic rings. The van der Waals surface area contributed by atoms with E-state index in [0.717, 1.165) is 0 Å². The number of oxazole rings is 1. The Hall–Kier alpha value is -1.38. The first-order chi connectivity index (χ1) is 6.27. The van der Waals surface area contributed by atoms with E-state index in [1.807, 2.05) is 13.8 Å². The Labute approximate surface area is 76.4 Å². The first-order valence-electron chi connectivity index (χ1n) is 4.29. The van der Waals surface area contributed by atoms with Crippen molar-refractivity contribution < 1.29 is 8.81 Å². The number of rotatable bonds is 0. The second-order valence-electron chi connectivity index (χ2n) is 2.32. The van der Waals surface area contributed by atoms with E-state index in [9.17, 15) is 4.39 Å². The molecule has 0 radical (unpaired) electrons. The Bertz CT molecular complexity index is 395. The lowest BCUT2D eigenvalue weighted by atomic mass is 10.3. The van der Waals surface area contributed by atoms with Gasteiger partial charge in [-0.2, -0.15) is 0 Å². The first kappa shape index (κ1) is 9.71. The molecular formula is C10H12FNO. The van der Waals surface area contributed by atoms with Gasteiger partial charge in [0, 0.05) is 6.92 Å². The van der Waals surface area contributed by atoms with Gasteiger partial charge in [0.25, 0.3) is 0 Å². The molecule has 1 heterocycles. The van der Waals surface area contributed by atoms with Crippen LogP contribution in [-0.2, 0) is 0 Å². The quantitative estimate of drug-likeness (QED) is 0.623. The summed E-state index contributed by atoms with van der Waals surface area (Å²) in [5.74, 6) is 0.157. The minimum Gasteiger partial charge on any atom is -0.441 e. The third-order valence-corrected chi connectivity index (χ3v) is 1.48. The molecule has 0 aliphatic carbocycles. The Morgan fingerprint density at radius 2 is 2.00 bits per heavy atom. The average Bonchev–Trinajstić information content (AvgIpc) is 2.51. The van der Waals surface area contributed by atoms with Gasteiger partial charge in [-0.05, 0) is 12.1 Å². The zero-order valence-electron chi connectivity index (χ0n) is 7.97. The third-order valence-electron chi connectivity index (χ3n) is 1.48. The highest BCUT2D eigenvalue weighted by Crippen LogP contribution is 2.17. The fraction of sp³-hybridized carbons (Fsp3) is 0.300. The molecule has 2 rings (SSSR count). The van der Waals surface area contributed by atoms with E-state index in [1.54, 1.807) is 19.1 Å². The Morgan fingerprint density at radius 1 is 1.31 bits per heavy atom. The van der Waals surface area contributed by atoms with Crippen molar-refractivity contribution in [3.63, 3.8) is 0 Å². The standard InChI is InChI=1S/C8H6FNO.C2H6/c1-5-10-8-6(9)3-2-4-7(8)11-5;1-2/h2-4H,1H3;1-2H3. The molecule has 13 heavy (non-hydrogen) atoms. The van der Waals surface area contributed by atoms with Gasteiger partial charge in [0.15, 0.2) is 17.3 Å². The highest BCUT2D eigenvalue weighted by molar-refractivity contribution is 5.72. The van der Waals surface area contributed by atoms with Crippen LogP contribution in [0.25, 0.3) is 11.1 Å². The zero-order chi connectivity index (χ0) is 9.84. The minimum atomic E-state index is -0.334. The number of halogens is 1. The third kappa shape index (κ3) is 1.86. The molecule has 0 saturated carbocycles. The Balaban J connectivity index is 0.000000396. The number of aryl methyl sites for hydroxylation is 1. The molecule has 0 saturated heterocycles. The van der Waals surface area contributed by atoms with Crippen molar-refractivity contribution in [2.45, 2.75) is 20.8 Å². The summed E-state index contributed by atoms with van der Waals surface area (Å²) in [6.07, 6.45) is 0. The SMILES string of the molecule is CC.Cc1nc2c(F)cccc2o1. The van der Waals surface area contributed by atoms with Crippen LogP contribution in [-0.4, -0.2) is 4.98 Å². The van der Waals surface area contributed by atoms with Gasteiger partial charge < -0.3 is 4.42 Å². The number of aromatic nitrogens is 1. The molecule has 0 bridgehead atoms. The van der Waals surface area contributed by atoms with Crippen LogP contribution in [0.1, 0.15) is 19.7 Å². The van der Waals surface area contributed by atoms with Crippen molar-refractivity contribution in [3.8, 4) is 0 Å². The largest absolute Gasteiger partial charge is 0.441 e. The molecule has 3 heteroatoms. The highest BCUT2D eigenvalue weighted by Gasteiger charge is 2.05. The lowest BCUT2D eigenvalue weighted by Crippen LogP contribution is -1.75. The van der Waals surface area contributed by atoms with E-state index in [2.05, 4.69) is 4.98 Å². The molecule has 0 aliphatic heterocycles. The molecule has 2 aromatic rings. The lowest BCUT2D eigenvalue weighted by Gasteiger charge is -1.85. The maximum absolute atomic E-state index is 12.9. The Kier molecular flexibility index (Phi) is 3.01. The van der Waals surface area contributed by atoms with Crippen molar-refractivity contribution in [2.24, 2.45) is 0 Å². The smallest absolute Gasteiger partial charge is 0.192 e. The van der Waals surface area contributed by atoms with Gasteiger partial charge in [0.2, 0.25) is 0 Å². The van der Waals surface area contributed by atoms with E-state index in [4.69, 9.17) is 4.42 Å². The van der Waals surface area contributed by atoms with Crippen LogP contribution in [0.15, 0.2) is 22.6 Å². The number of hydrogen-bond acceptors (Lipinski definition) is 2. The number of benzene rings is 1. The minimum absolute atomic E-state index is 0.310. The fourth-order valence-electron chi connectivity index (χ4n) is 1.03. The van der Waals surface area contributed by atoms with Crippen LogP contribution in [0.2, 0.25) is 0 Å². The second-order valence-corrected chi connectivity index (χ2v) is 2.32. The van der Waals surface area contributed by atoms with Crippen molar-refractivity contribution in [1.82, 2.24) is 4.98 Å². The maximum atomic E-state index is 12.9. The van der Waals surface area contributed by atoms with Crippen molar-refractivity contribution in [2.75, 3.05) is 0 Å². The predicted octanol–water partition coefficient (Wildman–Crippen LogP) is 3.30. The molecule has 0 atom stereocenters. The van der Waals surface area contributed by atoms with Crippen LogP contribution >= 0.6 is 0 Å². The first-order valence-corrected chi connectivity index (χ1v) is 4.29. The van der Waals surface area contributed by atoms with Crippen molar-refractivity contribution >= 4 is 11.1 Å². The normalized spacial score (nSPS) is 9.54. The van der Waals surface area contributed by atoms with Crippen molar-refractivity contribution in [1.29, 1.82) is 0 Å². The van der Waals surface area contributed by atoms with Crippen LogP contribution in [0.4, 0.5) is 4.39 Å². The summed E-state index contributed by atoms with van der Waals surface area (Å²) >= 11 is 0. The van der Waals surface area contributed by atoms with Crippen LogP contribution in [0, 0.1) is 12.7 Å². The summed E-state index contributed by atoms with van der Waals surface area (Å²) in [5.41, 5.74) is 0.813. The topological polar surface area (TPSA) is 26.0 Å². The molecule has 0 N–H and O–H groups in total. The van der Waals surface area contributed by atoms with Crippen LogP contribution < -0.4 is 0 Å². The van der Waals surface area contributed by atoms with Gasteiger partial charge in [-0.3, -0.25) is 0 Å². The summed E-state index contributed by atoms with van der Waals surface area (Å²) in [6, 6.07) is 4.66. The molecule has 0 unspecified atom stereocenters. The predicted molar refractivity (Wildman–Crippen MR) is 50.1 cm³/mol. The second kappa shape index (κ2) is 4.03. The monoisotopic (exact) mass is 181 g/mol. The molecule has 1 aromatic carbocycles. The highest BCUT2D eigenvalue weighted by atomic mass is 19.1. The zero-order valence-corrected chi connectivity index (χ0v) is 7.97. The van der Waals surface area contributed by atoms with E-state index in [1.165, 1.54) is 6.07 Å². The number of para-hydroxylation sites is 1.